The van der Waals surface area contributed by atoms with Gasteiger partial charge in [-0.3, -0.25) is 9.59 Å². The topological polar surface area (TPSA) is 52.6 Å². The molecule has 3 rings (SSSR count). The van der Waals surface area contributed by atoms with Gasteiger partial charge in [0.25, 0.3) is 0 Å². The maximum Gasteiger partial charge on any atom is 0.315 e. The molecule has 0 spiro atoms. The number of methoxy groups -OCH3 is 2. The third-order valence-corrected chi connectivity index (χ3v) is 3.94. The van der Waals surface area contributed by atoms with Gasteiger partial charge in [0.2, 0.25) is 0 Å². The van der Waals surface area contributed by atoms with Crippen molar-refractivity contribution in [3.8, 4) is 0 Å². The largest absolute Gasteiger partial charge is 0.468 e. The van der Waals surface area contributed by atoms with Crippen LogP contribution in [0.1, 0.15) is 25.7 Å². The number of hydrogen-bond donors (Lipinski definition) is 0. The van der Waals surface area contributed by atoms with Crippen molar-refractivity contribution in [3.63, 3.8) is 0 Å². The van der Waals surface area contributed by atoms with Gasteiger partial charge in [0.15, 0.2) is 0 Å². The first-order valence-electron chi connectivity index (χ1n) is 5.46. The number of carbonyl (C=O) groups is 2. The number of esters is 2. The third-order valence-electron chi connectivity index (χ3n) is 3.94. The highest BCUT2D eigenvalue weighted by Gasteiger charge is 2.53. The molecule has 0 atom stereocenters. The highest BCUT2D eigenvalue weighted by atomic mass is 16.5. The number of hydrogen-bond acceptors (Lipinski definition) is 4. The number of rotatable bonds is 2. The monoisotopic (exact) mass is 224 g/mol. The van der Waals surface area contributed by atoms with E-state index in [2.05, 4.69) is 0 Å². The Morgan fingerprint density at radius 1 is 0.875 bits per heavy atom. The fraction of sp³-hybridized carbons (Fsp3) is 0.667. The van der Waals surface area contributed by atoms with E-state index in [4.69, 9.17) is 9.47 Å². The highest BCUT2D eigenvalue weighted by Crippen LogP contribution is 2.53. The molecule has 2 bridgehead atoms. The van der Waals surface area contributed by atoms with Gasteiger partial charge in [0.1, 0.15) is 0 Å². The predicted octanol–water partition coefficient (Wildman–Crippen LogP) is 1.45. The zero-order valence-corrected chi connectivity index (χ0v) is 9.62. The summed E-state index contributed by atoms with van der Waals surface area (Å²) in [6, 6.07) is 0. The summed E-state index contributed by atoms with van der Waals surface area (Å²) in [5.74, 6) is -0.385. The maximum atomic E-state index is 11.7. The van der Waals surface area contributed by atoms with Crippen LogP contribution in [0.3, 0.4) is 0 Å². The van der Waals surface area contributed by atoms with Gasteiger partial charge in [0, 0.05) is 0 Å². The minimum atomic E-state index is -0.496. The van der Waals surface area contributed by atoms with E-state index >= 15 is 0 Å². The van der Waals surface area contributed by atoms with E-state index < -0.39 is 10.8 Å². The molecule has 0 aromatic carbocycles. The Balaban J connectivity index is 2.27. The molecule has 0 amide bonds. The van der Waals surface area contributed by atoms with Crippen molar-refractivity contribution in [2.75, 3.05) is 14.2 Å². The van der Waals surface area contributed by atoms with E-state index in [1.165, 1.54) is 14.2 Å². The molecule has 0 N–H and O–H groups in total. The van der Waals surface area contributed by atoms with Gasteiger partial charge in [-0.25, -0.2) is 0 Å². The minimum Gasteiger partial charge on any atom is -0.468 e. The van der Waals surface area contributed by atoms with Gasteiger partial charge in [-0.2, -0.15) is 0 Å². The Labute approximate surface area is 94.6 Å². The average molecular weight is 224 g/mol. The number of fused-ring (bicyclic) bond motifs is 2. The minimum absolute atomic E-state index is 0.193. The summed E-state index contributed by atoms with van der Waals surface area (Å²) in [6.45, 7) is 0. The van der Waals surface area contributed by atoms with Gasteiger partial charge in [-0.05, 0) is 25.7 Å². The summed E-state index contributed by atoms with van der Waals surface area (Å²) in [7, 11) is 2.81. The Hall–Kier alpha value is -1.32. The van der Waals surface area contributed by atoms with Gasteiger partial charge < -0.3 is 9.47 Å². The first kappa shape index (κ1) is 11.2. The van der Waals surface area contributed by atoms with E-state index in [-0.39, 0.29) is 11.9 Å². The predicted molar refractivity (Wildman–Crippen MR) is 56.5 cm³/mol. The summed E-state index contributed by atoms with van der Waals surface area (Å²) in [4.78, 5) is 23.4. The van der Waals surface area contributed by atoms with E-state index in [0.717, 1.165) is 0 Å². The Morgan fingerprint density at radius 2 is 1.19 bits per heavy atom. The molecule has 3 aliphatic carbocycles. The van der Waals surface area contributed by atoms with E-state index in [1.807, 2.05) is 12.2 Å². The zero-order chi connectivity index (χ0) is 11.8. The van der Waals surface area contributed by atoms with Crippen LogP contribution in [0.2, 0.25) is 0 Å². The molecule has 0 aromatic heterocycles. The van der Waals surface area contributed by atoms with Gasteiger partial charge in [-0.1, -0.05) is 12.2 Å². The smallest absolute Gasteiger partial charge is 0.315 e. The van der Waals surface area contributed by atoms with Crippen LogP contribution >= 0.6 is 0 Å². The summed E-state index contributed by atoms with van der Waals surface area (Å²) in [5.41, 5.74) is -0.991. The van der Waals surface area contributed by atoms with Crippen LogP contribution in [-0.4, -0.2) is 26.2 Å². The lowest BCUT2D eigenvalue weighted by Gasteiger charge is -2.45. The van der Waals surface area contributed by atoms with Crippen LogP contribution in [0.5, 0.6) is 0 Å². The van der Waals surface area contributed by atoms with Crippen molar-refractivity contribution in [2.45, 2.75) is 25.7 Å². The van der Waals surface area contributed by atoms with E-state index in [9.17, 15) is 9.59 Å². The van der Waals surface area contributed by atoms with Crippen LogP contribution in [0.4, 0.5) is 0 Å². The first-order chi connectivity index (χ1) is 7.58. The maximum absolute atomic E-state index is 11.7. The molecule has 1 saturated carbocycles. The Morgan fingerprint density at radius 3 is 1.38 bits per heavy atom. The van der Waals surface area contributed by atoms with Crippen molar-refractivity contribution in [3.05, 3.63) is 12.2 Å². The van der Waals surface area contributed by atoms with Crippen molar-refractivity contribution in [1.82, 2.24) is 0 Å². The molecule has 0 unspecified atom stereocenters. The summed E-state index contributed by atoms with van der Waals surface area (Å²) in [6.07, 6.45) is 6.36. The fourth-order valence-corrected chi connectivity index (χ4v) is 2.75. The van der Waals surface area contributed by atoms with Crippen LogP contribution in [0.25, 0.3) is 0 Å². The summed E-state index contributed by atoms with van der Waals surface area (Å²) in [5, 5.41) is 0. The normalized spacial score (nSPS) is 35.9. The average Bonchev–Trinajstić information content (AvgIpc) is 2.38. The molecule has 0 saturated heterocycles. The molecule has 4 nitrogen and oxygen atoms in total. The summed E-state index contributed by atoms with van der Waals surface area (Å²) >= 11 is 0. The fourth-order valence-electron chi connectivity index (χ4n) is 2.75. The second-order valence-electron chi connectivity index (χ2n) is 4.63. The zero-order valence-electron chi connectivity index (χ0n) is 9.62. The Bertz CT molecular complexity index is 314. The van der Waals surface area contributed by atoms with Crippen LogP contribution in [0, 0.1) is 10.8 Å². The van der Waals surface area contributed by atoms with E-state index in [1.54, 1.807) is 0 Å². The summed E-state index contributed by atoms with van der Waals surface area (Å²) < 4.78 is 9.64. The Kier molecular flexibility index (Phi) is 2.52. The highest BCUT2D eigenvalue weighted by molar-refractivity contribution is 5.84. The molecule has 0 aromatic rings. The molecule has 0 heterocycles. The SMILES string of the molecule is COC(=O)C12C=CC(C(=O)OC)(CC1)CC2. The lowest BCUT2D eigenvalue weighted by molar-refractivity contribution is -0.161. The van der Waals surface area contributed by atoms with Crippen LogP contribution in [0.15, 0.2) is 12.2 Å². The lowest BCUT2D eigenvalue weighted by Crippen LogP contribution is -2.46. The molecule has 0 radical (unpaired) electrons. The molecule has 88 valence electrons. The van der Waals surface area contributed by atoms with Gasteiger partial charge in [0.05, 0.1) is 25.0 Å². The molecule has 0 aliphatic heterocycles. The molecular formula is C12H16O4. The van der Waals surface area contributed by atoms with Crippen molar-refractivity contribution >= 4 is 11.9 Å². The molecular weight excluding hydrogens is 208 g/mol. The molecule has 3 aliphatic rings. The molecule has 1 fully saturated rings. The van der Waals surface area contributed by atoms with E-state index in [0.29, 0.717) is 25.7 Å². The third kappa shape index (κ3) is 1.36. The number of carbonyl (C=O) groups excluding carboxylic acids is 2. The quantitative estimate of drug-likeness (QED) is 0.526. The lowest BCUT2D eigenvalue weighted by atomic mass is 9.58. The van der Waals surface area contributed by atoms with Crippen molar-refractivity contribution in [1.29, 1.82) is 0 Å². The molecule has 4 heteroatoms. The number of ether oxygens (including phenoxy) is 2. The first-order valence-corrected chi connectivity index (χ1v) is 5.46. The standard InChI is InChI=1S/C12H16O4/c1-15-9(13)11-3-6-12(7-4-11,8-5-11)10(14)16-2/h3,6H,4-5,7-8H2,1-2H3. The van der Waals surface area contributed by atoms with Gasteiger partial charge in [-0.15, -0.1) is 0 Å². The van der Waals surface area contributed by atoms with Gasteiger partial charge >= 0.3 is 11.9 Å². The van der Waals surface area contributed by atoms with Crippen molar-refractivity contribution < 1.29 is 19.1 Å². The second kappa shape index (κ2) is 3.61. The van der Waals surface area contributed by atoms with Crippen LogP contribution in [-0.2, 0) is 19.1 Å². The second-order valence-corrected chi connectivity index (χ2v) is 4.63. The van der Waals surface area contributed by atoms with Crippen LogP contribution < -0.4 is 0 Å². The molecule has 16 heavy (non-hydrogen) atoms. The van der Waals surface area contributed by atoms with Crippen molar-refractivity contribution in [2.24, 2.45) is 10.8 Å².